The Kier molecular flexibility index (Phi) is 7.55. The molecule has 0 saturated heterocycles. The van der Waals surface area contributed by atoms with Gasteiger partial charge in [0, 0.05) is 18.0 Å². The van der Waals surface area contributed by atoms with Crippen molar-refractivity contribution in [1.82, 2.24) is 5.32 Å². The molecule has 0 aliphatic heterocycles. The van der Waals surface area contributed by atoms with Crippen LogP contribution in [0.25, 0.3) is 0 Å². The lowest BCUT2D eigenvalue weighted by molar-refractivity contribution is -0.0328. The first-order valence-electron chi connectivity index (χ1n) is 6.25. The maximum atomic E-state index is 12.4. The van der Waals surface area contributed by atoms with Gasteiger partial charge in [-0.25, -0.2) is 0 Å². The highest BCUT2D eigenvalue weighted by Crippen LogP contribution is 2.38. The Labute approximate surface area is 124 Å². The summed E-state index contributed by atoms with van der Waals surface area (Å²) in [5.41, 5.74) is -4.44. The molecule has 0 unspecified atom stereocenters. The lowest BCUT2D eigenvalue weighted by Crippen LogP contribution is -2.26. The fourth-order valence-electron chi connectivity index (χ4n) is 1.51. The number of hydrogen-bond donors (Lipinski definition) is 2. The summed E-state index contributed by atoms with van der Waals surface area (Å²) in [6, 6.07) is 5.58. The molecule has 0 radical (unpaired) electrons. The zero-order valence-corrected chi connectivity index (χ0v) is 12.0. The van der Waals surface area contributed by atoms with E-state index in [-0.39, 0.29) is 42.0 Å². The second-order valence-electron chi connectivity index (χ2n) is 3.99. The monoisotopic (exact) mass is 323 g/mol. The van der Waals surface area contributed by atoms with E-state index in [0.29, 0.717) is 13.0 Å². The molecule has 118 valence electrons. The van der Waals surface area contributed by atoms with Crippen molar-refractivity contribution in [2.45, 2.75) is 16.8 Å². The third kappa shape index (κ3) is 7.35. The first-order valence-corrected chi connectivity index (χ1v) is 7.07. The van der Waals surface area contributed by atoms with Crippen LogP contribution in [0, 0.1) is 0 Å². The highest BCUT2D eigenvalue weighted by molar-refractivity contribution is 8.00. The molecule has 0 aromatic heterocycles. The van der Waals surface area contributed by atoms with E-state index in [4.69, 9.17) is 9.84 Å². The van der Waals surface area contributed by atoms with Crippen molar-refractivity contribution in [2.75, 3.05) is 26.4 Å². The smallest absolute Gasteiger partial charge is 0.394 e. The molecule has 1 aromatic rings. The zero-order valence-electron chi connectivity index (χ0n) is 11.2. The molecular weight excluding hydrogens is 307 g/mol. The van der Waals surface area contributed by atoms with E-state index in [0.717, 1.165) is 0 Å². The summed E-state index contributed by atoms with van der Waals surface area (Å²) in [5.74, 6) is -0.551. The van der Waals surface area contributed by atoms with Gasteiger partial charge >= 0.3 is 5.51 Å². The first kappa shape index (κ1) is 17.8. The van der Waals surface area contributed by atoms with Crippen molar-refractivity contribution in [1.29, 1.82) is 0 Å². The maximum Gasteiger partial charge on any atom is 0.446 e. The predicted octanol–water partition coefficient (Wildman–Crippen LogP) is 2.43. The molecule has 4 nitrogen and oxygen atoms in total. The molecule has 0 fully saturated rings. The number of nitrogens with one attached hydrogen (secondary N) is 1. The molecule has 0 atom stereocenters. The quantitative estimate of drug-likeness (QED) is 0.570. The minimum atomic E-state index is -4.44. The van der Waals surface area contributed by atoms with Gasteiger partial charge in [-0.05, 0) is 30.3 Å². The summed E-state index contributed by atoms with van der Waals surface area (Å²) in [7, 11) is 0. The summed E-state index contributed by atoms with van der Waals surface area (Å²) in [6.45, 7) is 0.794. The van der Waals surface area contributed by atoms with Crippen LogP contribution in [0.3, 0.4) is 0 Å². The van der Waals surface area contributed by atoms with Crippen LogP contribution >= 0.6 is 11.8 Å². The number of hydrogen-bond acceptors (Lipinski definition) is 4. The Hall–Kier alpha value is -1.25. The van der Waals surface area contributed by atoms with Gasteiger partial charge in [0.2, 0.25) is 0 Å². The number of ether oxygens (including phenoxy) is 1. The summed E-state index contributed by atoms with van der Waals surface area (Å²) in [6.07, 6.45) is 0.514. The van der Waals surface area contributed by atoms with Gasteiger partial charge in [0.05, 0.1) is 18.8 Å². The Bertz CT molecular complexity index is 455. The van der Waals surface area contributed by atoms with Crippen LogP contribution in [0.1, 0.15) is 16.8 Å². The van der Waals surface area contributed by atoms with Gasteiger partial charge in [-0.2, -0.15) is 13.2 Å². The number of thioether (sulfide) groups is 1. The summed E-state index contributed by atoms with van der Waals surface area (Å²) >= 11 is -0.307. The Balaban J connectivity index is 2.50. The van der Waals surface area contributed by atoms with Crippen molar-refractivity contribution in [2.24, 2.45) is 0 Å². The Morgan fingerprint density at radius 3 is 2.67 bits per heavy atom. The minimum Gasteiger partial charge on any atom is -0.394 e. The van der Waals surface area contributed by atoms with Gasteiger partial charge in [0.25, 0.3) is 5.91 Å². The molecule has 1 rings (SSSR count). The van der Waals surface area contributed by atoms with Gasteiger partial charge in [0.15, 0.2) is 0 Å². The largest absolute Gasteiger partial charge is 0.446 e. The van der Waals surface area contributed by atoms with Crippen molar-refractivity contribution in [3.63, 3.8) is 0 Å². The molecule has 0 aliphatic carbocycles. The average molecular weight is 323 g/mol. The molecule has 8 heteroatoms. The summed E-state index contributed by atoms with van der Waals surface area (Å²) in [4.78, 5) is 11.7. The maximum absolute atomic E-state index is 12.4. The van der Waals surface area contributed by atoms with Crippen LogP contribution in [0.4, 0.5) is 13.2 Å². The number of carbonyl (C=O) groups excluding carboxylic acids is 1. The number of aliphatic hydroxyl groups excluding tert-OH is 1. The highest BCUT2D eigenvalue weighted by atomic mass is 32.2. The van der Waals surface area contributed by atoms with E-state index in [1.165, 1.54) is 24.3 Å². The fraction of sp³-hybridized carbons (Fsp3) is 0.462. The van der Waals surface area contributed by atoms with E-state index < -0.39 is 11.4 Å². The van der Waals surface area contributed by atoms with Crippen LogP contribution in [0.15, 0.2) is 29.2 Å². The predicted molar refractivity (Wildman–Crippen MR) is 73.2 cm³/mol. The average Bonchev–Trinajstić information content (AvgIpc) is 2.41. The number of alkyl halides is 3. The normalized spacial score (nSPS) is 11.4. The topological polar surface area (TPSA) is 58.6 Å². The summed E-state index contributed by atoms with van der Waals surface area (Å²) < 4.78 is 42.2. The van der Waals surface area contributed by atoms with Gasteiger partial charge in [-0.1, -0.05) is 12.1 Å². The number of amides is 1. The number of aliphatic hydroxyl groups is 1. The lowest BCUT2D eigenvalue weighted by Gasteiger charge is -2.11. The van der Waals surface area contributed by atoms with Crippen LogP contribution < -0.4 is 5.32 Å². The van der Waals surface area contributed by atoms with E-state index >= 15 is 0 Å². The van der Waals surface area contributed by atoms with Crippen LogP contribution in [-0.4, -0.2) is 42.9 Å². The third-order valence-corrected chi connectivity index (χ3v) is 3.15. The molecule has 0 bridgehead atoms. The van der Waals surface area contributed by atoms with Crippen molar-refractivity contribution >= 4 is 17.7 Å². The molecule has 21 heavy (non-hydrogen) atoms. The van der Waals surface area contributed by atoms with E-state index in [1.54, 1.807) is 0 Å². The fourth-order valence-corrected chi connectivity index (χ4v) is 2.17. The second kappa shape index (κ2) is 8.91. The molecule has 2 N–H and O–H groups in total. The third-order valence-electron chi connectivity index (χ3n) is 2.34. The standard InChI is InChI=1S/C13H16F3NO3S/c14-13(15,16)21-11-5-2-1-4-10(11)12(19)17-6-3-8-20-9-7-18/h1-2,4-5,18H,3,6-9H2,(H,17,19). The van der Waals surface area contributed by atoms with E-state index in [9.17, 15) is 18.0 Å². The molecule has 0 saturated carbocycles. The lowest BCUT2D eigenvalue weighted by atomic mass is 10.2. The molecule has 0 spiro atoms. The molecule has 0 heterocycles. The van der Waals surface area contributed by atoms with E-state index in [1.807, 2.05) is 0 Å². The molecular formula is C13H16F3NO3S. The van der Waals surface area contributed by atoms with Crippen LogP contribution in [0.2, 0.25) is 0 Å². The minimum absolute atomic E-state index is 0.00361. The Morgan fingerprint density at radius 1 is 1.29 bits per heavy atom. The first-order chi connectivity index (χ1) is 9.94. The van der Waals surface area contributed by atoms with Crippen molar-refractivity contribution < 1.29 is 27.8 Å². The zero-order chi connectivity index (χ0) is 15.7. The number of benzene rings is 1. The Morgan fingerprint density at radius 2 is 2.00 bits per heavy atom. The van der Waals surface area contributed by atoms with Gasteiger partial charge in [0.1, 0.15) is 0 Å². The van der Waals surface area contributed by atoms with E-state index in [2.05, 4.69) is 5.32 Å². The summed E-state index contributed by atoms with van der Waals surface area (Å²) in [5, 5.41) is 11.0. The van der Waals surface area contributed by atoms with Crippen LogP contribution in [0.5, 0.6) is 0 Å². The van der Waals surface area contributed by atoms with Crippen molar-refractivity contribution in [3.05, 3.63) is 29.8 Å². The van der Waals surface area contributed by atoms with Gasteiger partial charge in [-0.3, -0.25) is 4.79 Å². The highest BCUT2D eigenvalue weighted by Gasteiger charge is 2.31. The van der Waals surface area contributed by atoms with Crippen molar-refractivity contribution in [3.8, 4) is 0 Å². The molecule has 1 amide bonds. The van der Waals surface area contributed by atoms with Crippen LogP contribution in [-0.2, 0) is 4.74 Å². The van der Waals surface area contributed by atoms with Gasteiger partial charge < -0.3 is 15.2 Å². The number of carbonyl (C=O) groups is 1. The number of halogens is 3. The van der Waals surface area contributed by atoms with Gasteiger partial charge in [-0.15, -0.1) is 0 Å². The second-order valence-corrected chi connectivity index (χ2v) is 5.10. The molecule has 0 aliphatic rings. The number of rotatable bonds is 8. The molecule has 1 aromatic carbocycles. The SMILES string of the molecule is O=C(NCCCOCCO)c1ccccc1SC(F)(F)F.